The van der Waals surface area contributed by atoms with E-state index in [0.29, 0.717) is 11.8 Å². The Balaban J connectivity index is 1.53. The molecule has 0 radical (unpaired) electrons. The molecule has 4 rings (SSSR count). The van der Waals surface area contributed by atoms with E-state index < -0.39 is 0 Å². The summed E-state index contributed by atoms with van der Waals surface area (Å²) in [6, 6.07) is 25.1. The third-order valence-electron chi connectivity index (χ3n) is 4.35. The van der Waals surface area contributed by atoms with E-state index >= 15 is 0 Å². The van der Waals surface area contributed by atoms with Crippen LogP contribution in [0.5, 0.6) is 5.75 Å². The molecule has 0 atom stereocenters. The lowest BCUT2D eigenvalue weighted by molar-refractivity contribution is -0.115. The Morgan fingerprint density at radius 3 is 2.28 bits per heavy atom. The minimum Gasteiger partial charge on any atom is -0.494 e. The summed E-state index contributed by atoms with van der Waals surface area (Å²) < 4.78 is 5.54. The van der Waals surface area contributed by atoms with Gasteiger partial charge in [-0.05, 0) is 43.3 Å². The fourth-order valence-electron chi connectivity index (χ4n) is 3.08. The largest absolute Gasteiger partial charge is 0.494 e. The van der Waals surface area contributed by atoms with Gasteiger partial charge >= 0.3 is 0 Å². The number of hydrogen-bond acceptors (Lipinski definition) is 4. The van der Waals surface area contributed by atoms with Gasteiger partial charge in [-0.2, -0.15) is 0 Å². The predicted molar refractivity (Wildman–Crippen MR) is 118 cm³/mol. The highest BCUT2D eigenvalue weighted by atomic mass is 32.2. The monoisotopic (exact) mass is 403 g/mol. The zero-order chi connectivity index (χ0) is 20.1. The molecule has 0 aliphatic rings. The number of nitrogens with zero attached hydrogens (tertiary/aromatic N) is 2. The molecule has 0 unspecified atom stereocenters. The second kappa shape index (κ2) is 8.84. The lowest BCUT2D eigenvalue weighted by Crippen LogP contribution is -2.27. The Kier molecular flexibility index (Phi) is 5.81. The van der Waals surface area contributed by atoms with E-state index in [4.69, 9.17) is 4.74 Å². The van der Waals surface area contributed by atoms with Gasteiger partial charge in [-0.15, -0.1) is 0 Å². The number of rotatable bonds is 7. The third kappa shape index (κ3) is 4.43. The SMILES string of the molecule is CCOc1ccc2nc(SCC(=O)N(c3ccccc3)c3ccccc3)[nH]c2c1. The van der Waals surface area contributed by atoms with Crippen molar-refractivity contribution in [3.8, 4) is 5.75 Å². The zero-order valence-corrected chi connectivity index (χ0v) is 16.9. The second-order valence-corrected chi connectivity index (χ2v) is 7.31. The summed E-state index contributed by atoms with van der Waals surface area (Å²) in [6.45, 7) is 2.57. The first-order chi connectivity index (χ1) is 14.2. The number of anilines is 2. The van der Waals surface area contributed by atoms with Crippen molar-refractivity contribution in [2.45, 2.75) is 12.1 Å². The molecule has 0 saturated heterocycles. The summed E-state index contributed by atoms with van der Waals surface area (Å²) in [5.41, 5.74) is 3.44. The molecule has 1 N–H and O–H groups in total. The number of ether oxygens (including phenoxy) is 1. The van der Waals surface area contributed by atoms with Crippen molar-refractivity contribution in [3.63, 3.8) is 0 Å². The standard InChI is InChI=1S/C23H21N3O2S/c1-2-28-19-13-14-20-21(15-19)25-23(24-20)29-16-22(27)26(17-9-5-3-6-10-17)18-11-7-4-8-12-18/h3-15H,2,16H2,1H3,(H,24,25). The van der Waals surface area contributed by atoms with Crippen LogP contribution in [0, 0.1) is 0 Å². The zero-order valence-electron chi connectivity index (χ0n) is 16.0. The van der Waals surface area contributed by atoms with E-state index in [0.717, 1.165) is 28.2 Å². The van der Waals surface area contributed by atoms with Gasteiger partial charge in [0, 0.05) is 17.4 Å². The van der Waals surface area contributed by atoms with Crippen molar-refractivity contribution in [1.82, 2.24) is 9.97 Å². The molecule has 1 amide bonds. The number of carbonyl (C=O) groups excluding carboxylic acids is 1. The molecule has 5 nitrogen and oxygen atoms in total. The van der Waals surface area contributed by atoms with Gasteiger partial charge in [-0.3, -0.25) is 9.69 Å². The van der Waals surface area contributed by atoms with Gasteiger partial charge in [0.2, 0.25) is 5.91 Å². The molecule has 0 bridgehead atoms. The van der Waals surface area contributed by atoms with Crippen LogP contribution in [0.15, 0.2) is 84.0 Å². The first-order valence-corrected chi connectivity index (χ1v) is 10.4. The summed E-state index contributed by atoms with van der Waals surface area (Å²) >= 11 is 1.39. The number of aromatic nitrogens is 2. The van der Waals surface area contributed by atoms with Gasteiger partial charge in [0.1, 0.15) is 5.75 Å². The molecule has 1 aromatic heterocycles. The third-order valence-corrected chi connectivity index (χ3v) is 5.21. The average molecular weight is 404 g/mol. The van der Waals surface area contributed by atoms with Gasteiger partial charge in [-0.1, -0.05) is 48.2 Å². The average Bonchev–Trinajstić information content (AvgIpc) is 3.16. The first kappa shape index (κ1) is 19.1. The van der Waals surface area contributed by atoms with Crippen LogP contribution >= 0.6 is 11.8 Å². The van der Waals surface area contributed by atoms with E-state index in [1.165, 1.54) is 11.8 Å². The fourth-order valence-corrected chi connectivity index (χ4v) is 3.81. The number of benzene rings is 3. The maximum atomic E-state index is 13.1. The van der Waals surface area contributed by atoms with Crippen molar-refractivity contribution < 1.29 is 9.53 Å². The van der Waals surface area contributed by atoms with Crippen molar-refractivity contribution in [1.29, 1.82) is 0 Å². The Bertz CT molecular complexity index is 1060. The van der Waals surface area contributed by atoms with Crippen molar-refractivity contribution >= 4 is 40.1 Å². The summed E-state index contributed by atoms with van der Waals surface area (Å²) in [4.78, 5) is 22.7. The summed E-state index contributed by atoms with van der Waals surface area (Å²) in [5.74, 6) is 1.06. The fraction of sp³-hybridized carbons (Fsp3) is 0.130. The Morgan fingerprint density at radius 1 is 1.00 bits per heavy atom. The van der Waals surface area contributed by atoms with Crippen LogP contribution < -0.4 is 9.64 Å². The van der Waals surface area contributed by atoms with Gasteiger partial charge in [0.05, 0.1) is 23.4 Å². The maximum Gasteiger partial charge on any atom is 0.242 e. The molecule has 3 aromatic carbocycles. The van der Waals surface area contributed by atoms with E-state index in [9.17, 15) is 4.79 Å². The molecule has 6 heteroatoms. The van der Waals surface area contributed by atoms with Crippen molar-refractivity contribution in [2.75, 3.05) is 17.3 Å². The van der Waals surface area contributed by atoms with Crippen LogP contribution in [-0.4, -0.2) is 28.2 Å². The van der Waals surface area contributed by atoms with Crippen LogP contribution in [-0.2, 0) is 4.79 Å². The van der Waals surface area contributed by atoms with Crippen LogP contribution in [0.3, 0.4) is 0 Å². The van der Waals surface area contributed by atoms with Crippen molar-refractivity contribution in [2.24, 2.45) is 0 Å². The van der Waals surface area contributed by atoms with Crippen molar-refractivity contribution in [3.05, 3.63) is 78.9 Å². The number of thioether (sulfide) groups is 1. The molecule has 1 heterocycles. The lowest BCUT2D eigenvalue weighted by atomic mass is 10.2. The molecular weight excluding hydrogens is 382 g/mol. The number of fused-ring (bicyclic) bond motifs is 1. The Hall–Kier alpha value is -3.25. The Labute approximate surface area is 173 Å². The highest BCUT2D eigenvalue weighted by Gasteiger charge is 2.18. The van der Waals surface area contributed by atoms with Crippen LogP contribution in [0.4, 0.5) is 11.4 Å². The number of hydrogen-bond donors (Lipinski definition) is 1. The number of nitrogens with one attached hydrogen (secondary N) is 1. The van der Waals surface area contributed by atoms with Gasteiger partial charge in [-0.25, -0.2) is 4.98 Å². The molecule has 0 aliphatic carbocycles. The molecule has 29 heavy (non-hydrogen) atoms. The van der Waals surface area contributed by atoms with Gasteiger partial charge in [0.15, 0.2) is 5.16 Å². The number of aromatic amines is 1. The van der Waals surface area contributed by atoms with E-state index in [1.54, 1.807) is 4.90 Å². The molecule has 4 aromatic rings. The van der Waals surface area contributed by atoms with E-state index in [1.807, 2.05) is 85.8 Å². The summed E-state index contributed by atoms with van der Waals surface area (Å²) in [7, 11) is 0. The first-order valence-electron chi connectivity index (χ1n) is 9.43. The molecule has 0 aliphatic heterocycles. The lowest BCUT2D eigenvalue weighted by Gasteiger charge is -2.22. The number of amides is 1. The van der Waals surface area contributed by atoms with Gasteiger partial charge < -0.3 is 9.72 Å². The number of H-pyrrole nitrogens is 1. The van der Waals surface area contributed by atoms with Crippen LogP contribution in [0.25, 0.3) is 11.0 Å². The molecule has 0 fully saturated rings. The maximum absolute atomic E-state index is 13.1. The molecule has 0 saturated carbocycles. The molecule has 146 valence electrons. The number of imidazole rings is 1. The highest BCUT2D eigenvalue weighted by molar-refractivity contribution is 7.99. The minimum absolute atomic E-state index is 0.0112. The number of para-hydroxylation sites is 2. The number of carbonyl (C=O) groups is 1. The van der Waals surface area contributed by atoms with Crippen LogP contribution in [0.2, 0.25) is 0 Å². The quantitative estimate of drug-likeness (QED) is 0.419. The minimum atomic E-state index is -0.0112. The predicted octanol–water partition coefficient (Wildman–Crippen LogP) is 5.42. The summed E-state index contributed by atoms with van der Waals surface area (Å²) in [5, 5.41) is 0.711. The van der Waals surface area contributed by atoms with Gasteiger partial charge in [0.25, 0.3) is 0 Å². The van der Waals surface area contributed by atoms with Crippen LogP contribution in [0.1, 0.15) is 6.92 Å². The second-order valence-electron chi connectivity index (χ2n) is 6.34. The highest BCUT2D eigenvalue weighted by Crippen LogP contribution is 2.28. The smallest absolute Gasteiger partial charge is 0.242 e. The van der Waals surface area contributed by atoms with E-state index in [2.05, 4.69) is 9.97 Å². The molecular formula is C23H21N3O2S. The topological polar surface area (TPSA) is 58.2 Å². The normalized spacial score (nSPS) is 10.8. The molecule has 0 spiro atoms. The van der Waals surface area contributed by atoms with E-state index in [-0.39, 0.29) is 11.7 Å². The summed E-state index contributed by atoms with van der Waals surface area (Å²) in [6.07, 6.45) is 0. The Morgan fingerprint density at radius 2 is 1.66 bits per heavy atom.